The van der Waals surface area contributed by atoms with E-state index in [0.717, 1.165) is 23.9 Å². The van der Waals surface area contributed by atoms with Gasteiger partial charge in [0.2, 0.25) is 0 Å². The average Bonchev–Trinajstić information content (AvgIpc) is 2.76. The van der Waals surface area contributed by atoms with Crippen molar-refractivity contribution < 1.29 is 37.1 Å². The van der Waals surface area contributed by atoms with E-state index in [1.54, 1.807) is 12.1 Å². The zero-order valence-corrected chi connectivity index (χ0v) is 17.4. The second kappa shape index (κ2) is 11.6. The molecule has 0 aliphatic carbocycles. The van der Waals surface area contributed by atoms with Crippen LogP contribution in [0.4, 0.5) is 18.9 Å². The number of hydrogen-bond acceptors (Lipinski definition) is 6. The molecule has 2 rings (SSSR count). The molecule has 0 unspecified atom stereocenters. The Morgan fingerprint density at radius 2 is 1.81 bits per heavy atom. The van der Waals surface area contributed by atoms with E-state index in [-0.39, 0.29) is 5.69 Å². The molecule has 172 valence electrons. The Morgan fingerprint density at radius 1 is 1.06 bits per heavy atom. The van der Waals surface area contributed by atoms with Gasteiger partial charge < -0.3 is 24.9 Å². The Morgan fingerprint density at radius 3 is 2.50 bits per heavy atom. The van der Waals surface area contributed by atoms with Crippen LogP contribution in [0.1, 0.15) is 11.1 Å². The van der Waals surface area contributed by atoms with Crippen molar-refractivity contribution in [2.45, 2.75) is 12.6 Å². The molecule has 0 aliphatic rings. The molecule has 0 heterocycles. The van der Waals surface area contributed by atoms with E-state index in [4.69, 9.17) is 14.3 Å². The van der Waals surface area contributed by atoms with E-state index in [0.29, 0.717) is 24.5 Å². The zero-order valence-electron chi connectivity index (χ0n) is 17.4. The molecule has 2 aromatic rings. The van der Waals surface area contributed by atoms with Gasteiger partial charge in [0, 0.05) is 12.2 Å². The number of hydrogen-bond donors (Lipinski definition) is 2. The van der Waals surface area contributed by atoms with Gasteiger partial charge in [0.15, 0.2) is 18.1 Å². The number of rotatable bonds is 10. The molecule has 8 nitrogen and oxygen atoms in total. The van der Waals surface area contributed by atoms with E-state index in [1.165, 1.54) is 26.4 Å². The van der Waals surface area contributed by atoms with Gasteiger partial charge in [-0.3, -0.25) is 9.59 Å². The van der Waals surface area contributed by atoms with Crippen LogP contribution in [0.5, 0.6) is 11.5 Å². The number of amides is 2. The fraction of sp³-hybridized carbons (Fsp3) is 0.286. The Bertz CT molecular complexity index is 964. The fourth-order valence-electron chi connectivity index (χ4n) is 2.56. The topological polar surface area (TPSA) is 98.3 Å². The molecule has 0 radical (unpaired) electrons. The van der Waals surface area contributed by atoms with Crippen LogP contribution in [0.25, 0.3) is 0 Å². The first-order chi connectivity index (χ1) is 15.2. The number of halogens is 3. The van der Waals surface area contributed by atoms with Gasteiger partial charge in [0.25, 0.3) is 11.8 Å². The van der Waals surface area contributed by atoms with Crippen LogP contribution >= 0.6 is 0 Å². The minimum Gasteiger partial charge on any atom is -0.493 e. The summed E-state index contributed by atoms with van der Waals surface area (Å²) in [5.74, 6) is -0.0832. The molecule has 32 heavy (non-hydrogen) atoms. The summed E-state index contributed by atoms with van der Waals surface area (Å²) < 4.78 is 48.4. The van der Waals surface area contributed by atoms with Gasteiger partial charge in [-0.1, -0.05) is 17.3 Å². The largest absolute Gasteiger partial charge is 0.493 e. The van der Waals surface area contributed by atoms with Crippen LogP contribution in [-0.4, -0.2) is 45.4 Å². The quantitative estimate of drug-likeness (QED) is 0.426. The number of nitrogens with one attached hydrogen (secondary N) is 2. The van der Waals surface area contributed by atoms with Crippen LogP contribution in [0.3, 0.4) is 0 Å². The Kier molecular flexibility index (Phi) is 8.87. The first kappa shape index (κ1) is 24.5. The molecular weight excluding hydrogens is 431 g/mol. The first-order valence-electron chi connectivity index (χ1n) is 9.34. The van der Waals surface area contributed by atoms with Crippen molar-refractivity contribution in [1.82, 2.24) is 5.32 Å². The van der Waals surface area contributed by atoms with Crippen LogP contribution in [0, 0.1) is 0 Å². The second-order valence-electron chi connectivity index (χ2n) is 6.37. The van der Waals surface area contributed by atoms with Gasteiger partial charge in [-0.15, -0.1) is 0 Å². The smallest absolute Gasteiger partial charge is 0.416 e. The van der Waals surface area contributed by atoms with Gasteiger partial charge in [0.1, 0.15) is 6.21 Å². The number of alkyl halides is 3. The third-order valence-corrected chi connectivity index (χ3v) is 4.08. The van der Waals surface area contributed by atoms with Crippen molar-refractivity contribution in [1.29, 1.82) is 0 Å². The number of oxime groups is 1. The minimum atomic E-state index is -4.52. The lowest BCUT2D eigenvalue weighted by Crippen LogP contribution is -2.29. The van der Waals surface area contributed by atoms with Crippen molar-refractivity contribution >= 4 is 23.7 Å². The molecule has 0 aliphatic heterocycles. The molecule has 0 aromatic heterocycles. The maximum Gasteiger partial charge on any atom is 0.416 e. The number of nitrogens with zero attached hydrogens (tertiary/aromatic N) is 1. The molecule has 0 atom stereocenters. The number of benzene rings is 2. The van der Waals surface area contributed by atoms with Crippen molar-refractivity contribution in [2.75, 3.05) is 32.7 Å². The Hall–Kier alpha value is -3.76. The maximum absolute atomic E-state index is 12.7. The zero-order chi connectivity index (χ0) is 23.6. The van der Waals surface area contributed by atoms with Crippen LogP contribution in [0.15, 0.2) is 47.6 Å². The summed E-state index contributed by atoms with van der Waals surface area (Å²) in [6.07, 6.45) is -3.27. The molecule has 2 aromatic carbocycles. The molecule has 11 heteroatoms. The van der Waals surface area contributed by atoms with Crippen molar-refractivity contribution in [2.24, 2.45) is 5.16 Å². The number of methoxy groups -OCH3 is 2. The van der Waals surface area contributed by atoms with E-state index in [2.05, 4.69) is 15.8 Å². The van der Waals surface area contributed by atoms with Gasteiger partial charge in [-0.05, 0) is 42.3 Å². The lowest BCUT2D eigenvalue weighted by molar-refractivity contribution is -0.137. The first-order valence-corrected chi connectivity index (χ1v) is 9.34. The van der Waals surface area contributed by atoms with Gasteiger partial charge in [0.05, 0.1) is 19.8 Å². The lowest BCUT2D eigenvalue weighted by atomic mass is 10.1. The normalized spacial score (nSPS) is 11.2. The lowest BCUT2D eigenvalue weighted by Gasteiger charge is -2.10. The van der Waals surface area contributed by atoms with Crippen LogP contribution in [0.2, 0.25) is 0 Å². The van der Waals surface area contributed by atoms with Crippen molar-refractivity contribution in [3.63, 3.8) is 0 Å². The number of carbonyl (C=O) groups excluding carboxylic acids is 2. The molecule has 2 N–H and O–H groups in total. The van der Waals surface area contributed by atoms with Crippen molar-refractivity contribution in [3.8, 4) is 11.5 Å². The maximum atomic E-state index is 12.7. The molecule has 0 saturated carbocycles. The highest BCUT2D eigenvalue weighted by atomic mass is 19.4. The van der Waals surface area contributed by atoms with Crippen LogP contribution in [-0.2, 0) is 27.0 Å². The highest BCUT2D eigenvalue weighted by Crippen LogP contribution is 2.30. The second-order valence-corrected chi connectivity index (χ2v) is 6.37. The number of carbonyl (C=O) groups is 2. The third-order valence-electron chi connectivity index (χ3n) is 4.08. The molecule has 0 bridgehead atoms. The standard InChI is InChI=1S/C21H22F3N3O5/c1-30-17-7-6-14(10-18(17)31-2)8-9-25-20(29)13-32-26-12-19(28)27-16-5-3-4-15(11-16)21(22,23)24/h3-7,10-12H,8-9,13H2,1-2H3,(H,25,29)(H,27,28)/b26-12+. The fourth-order valence-corrected chi connectivity index (χ4v) is 2.56. The predicted octanol–water partition coefficient (Wildman–Crippen LogP) is 3.02. The van der Waals surface area contributed by atoms with E-state index < -0.39 is 30.2 Å². The van der Waals surface area contributed by atoms with Crippen molar-refractivity contribution in [3.05, 3.63) is 53.6 Å². The minimum absolute atomic E-state index is 0.0517. The summed E-state index contributed by atoms with van der Waals surface area (Å²) in [5.41, 5.74) is -0.0226. The summed E-state index contributed by atoms with van der Waals surface area (Å²) in [7, 11) is 3.07. The summed E-state index contributed by atoms with van der Waals surface area (Å²) in [5, 5.41) is 8.19. The van der Waals surface area contributed by atoms with Gasteiger partial charge in [-0.2, -0.15) is 13.2 Å². The summed E-state index contributed by atoms with van der Waals surface area (Å²) in [6, 6.07) is 9.55. The van der Waals surface area contributed by atoms with Gasteiger partial charge >= 0.3 is 6.18 Å². The Balaban J connectivity index is 1.71. The SMILES string of the molecule is COc1ccc(CCNC(=O)CO/N=C/C(=O)Nc2cccc(C(F)(F)F)c2)cc1OC. The third kappa shape index (κ3) is 7.82. The molecule has 2 amide bonds. The van der Waals surface area contributed by atoms with E-state index in [1.807, 2.05) is 6.07 Å². The number of ether oxygens (including phenoxy) is 2. The van der Waals surface area contributed by atoms with Crippen LogP contribution < -0.4 is 20.1 Å². The van der Waals surface area contributed by atoms with E-state index in [9.17, 15) is 22.8 Å². The summed E-state index contributed by atoms with van der Waals surface area (Å²) >= 11 is 0. The average molecular weight is 453 g/mol. The molecular formula is C21H22F3N3O5. The predicted molar refractivity (Wildman–Crippen MR) is 111 cm³/mol. The molecule has 0 spiro atoms. The van der Waals surface area contributed by atoms with Gasteiger partial charge in [-0.25, -0.2) is 0 Å². The number of anilines is 1. The highest BCUT2D eigenvalue weighted by Gasteiger charge is 2.30. The highest BCUT2D eigenvalue weighted by molar-refractivity contribution is 6.31. The van der Waals surface area contributed by atoms with E-state index >= 15 is 0 Å². The monoisotopic (exact) mass is 453 g/mol. The molecule has 0 fully saturated rings. The Labute approximate surface area is 182 Å². The molecule has 0 saturated heterocycles. The summed E-state index contributed by atoms with van der Waals surface area (Å²) in [6.45, 7) is -0.101. The summed E-state index contributed by atoms with van der Waals surface area (Å²) in [4.78, 5) is 28.2.